The minimum Gasteiger partial charge on any atom is -0.491 e. The highest BCUT2D eigenvalue weighted by Gasteiger charge is 2.25. The number of anilines is 2. The van der Waals surface area contributed by atoms with Crippen molar-refractivity contribution in [2.24, 2.45) is 0 Å². The van der Waals surface area contributed by atoms with Crippen molar-refractivity contribution in [3.8, 4) is 11.6 Å². The summed E-state index contributed by atoms with van der Waals surface area (Å²) in [6.45, 7) is 5.20. The van der Waals surface area contributed by atoms with Gasteiger partial charge in [0.1, 0.15) is 23.7 Å². The molecular weight excluding hydrogens is 504 g/mol. The summed E-state index contributed by atoms with van der Waals surface area (Å²) in [5.41, 5.74) is 5.25. The highest BCUT2D eigenvalue weighted by molar-refractivity contribution is 5.96. The molecule has 1 amide bonds. The number of imidazole rings is 1. The molecule has 202 valence electrons. The van der Waals surface area contributed by atoms with E-state index in [0.717, 1.165) is 41.0 Å². The first-order valence-electron chi connectivity index (χ1n) is 13.4. The number of nitrogens with zero attached hydrogens (tertiary/aromatic N) is 4. The van der Waals surface area contributed by atoms with E-state index in [-0.39, 0.29) is 36.6 Å². The maximum atomic E-state index is 13.3. The first kappa shape index (κ1) is 25.4. The van der Waals surface area contributed by atoms with Crippen LogP contribution < -0.4 is 19.7 Å². The van der Waals surface area contributed by atoms with Gasteiger partial charge in [-0.05, 0) is 61.7 Å². The highest BCUT2D eigenvalue weighted by Crippen LogP contribution is 2.33. The van der Waals surface area contributed by atoms with Crippen molar-refractivity contribution < 1.29 is 14.3 Å². The molecule has 2 N–H and O–H groups in total. The summed E-state index contributed by atoms with van der Waals surface area (Å²) in [7, 11) is 0. The molecule has 0 unspecified atom stereocenters. The fourth-order valence-corrected chi connectivity index (χ4v) is 4.74. The average molecular weight is 535 g/mol. The Balaban J connectivity index is 1.23. The van der Waals surface area contributed by atoms with E-state index >= 15 is 0 Å². The molecule has 0 saturated carbocycles. The molecule has 3 aromatic carbocycles. The Morgan fingerprint density at radius 3 is 2.65 bits per heavy atom. The molecule has 0 aliphatic carbocycles. The average Bonchev–Trinajstić information content (AvgIpc) is 3.59. The van der Waals surface area contributed by atoms with Gasteiger partial charge < -0.3 is 24.7 Å². The first-order valence-corrected chi connectivity index (χ1v) is 13.4. The topological polar surface area (TPSA) is 105 Å². The molecule has 0 atom stereocenters. The number of nitrogens with one attached hydrogen (secondary N) is 2. The minimum atomic E-state index is -0.343. The van der Waals surface area contributed by atoms with E-state index < -0.39 is 0 Å². The van der Waals surface area contributed by atoms with Crippen LogP contribution in [0.3, 0.4) is 0 Å². The summed E-state index contributed by atoms with van der Waals surface area (Å²) >= 11 is 0. The van der Waals surface area contributed by atoms with E-state index in [4.69, 9.17) is 14.5 Å². The number of rotatable bonds is 9. The molecule has 5 aromatic rings. The van der Waals surface area contributed by atoms with Gasteiger partial charge in [0.25, 0.3) is 5.91 Å². The van der Waals surface area contributed by atoms with E-state index in [9.17, 15) is 4.79 Å². The Bertz CT molecular complexity index is 1610. The molecule has 6 rings (SSSR count). The maximum Gasteiger partial charge on any atom is 0.258 e. The number of amides is 1. The molecule has 0 radical (unpaired) electrons. The predicted octanol–water partition coefficient (Wildman–Crippen LogP) is 5.34. The Hall–Kier alpha value is -4.92. The molecule has 0 bridgehead atoms. The summed E-state index contributed by atoms with van der Waals surface area (Å²) in [4.78, 5) is 32.4. The zero-order valence-electron chi connectivity index (χ0n) is 22.4. The zero-order valence-corrected chi connectivity index (χ0v) is 22.4. The van der Waals surface area contributed by atoms with Gasteiger partial charge in [-0.1, -0.05) is 42.5 Å². The van der Waals surface area contributed by atoms with Crippen molar-refractivity contribution in [2.75, 3.05) is 11.4 Å². The van der Waals surface area contributed by atoms with Crippen LogP contribution in [-0.2, 0) is 19.6 Å². The third kappa shape index (κ3) is 5.44. The number of H-pyrrole nitrogens is 1. The number of aromatic nitrogens is 4. The van der Waals surface area contributed by atoms with Gasteiger partial charge >= 0.3 is 0 Å². The molecule has 1 aliphatic heterocycles. The molecule has 2 aromatic heterocycles. The van der Waals surface area contributed by atoms with E-state index in [1.165, 1.54) is 11.8 Å². The number of carbonyl (C=O) groups excluding carboxylic acids is 1. The van der Waals surface area contributed by atoms with Crippen LogP contribution in [-0.4, -0.2) is 38.5 Å². The molecule has 1 aliphatic rings. The van der Waals surface area contributed by atoms with Crippen LogP contribution in [0.15, 0.2) is 79.0 Å². The summed E-state index contributed by atoms with van der Waals surface area (Å²) in [5.74, 6) is 1.83. The van der Waals surface area contributed by atoms with E-state index in [0.29, 0.717) is 11.8 Å². The van der Waals surface area contributed by atoms with Crippen LogP contribution in [0, 0.1) is 0 Å². The van der Waals surface area contributed by atoms with Crippen molar-refractivity contribution in [3.63, 3.8) is 0 Å². The van der Waals surface area contributed by atoms with Gasteiger partial charge in [0, 0.05) is 18.4 Å². The van der Waals surface area contributed by atoms with Gasteiger partial charge in [0.2, 0.25) is 11.8 Å². The number of hydrogen-bond donors (Lipinski definition) is 2. The van der Waals surface area contributed by atoms with E-state index in [1.807, 2.05) is 74.5 Å². The summed E-state index contributed by atoms with van der Waals surface area (Å²) in [6.07, 6.45) is 2.53. The van der Waals surface area contributed by atoms with Crippen LogP contribution in [0.1, 0.15) is 41.2 Å². The molecular formula is C31H30N6O3. The van der Waals surface area contributed by atoms with Crippen molar-refractivity contribution in [3.05, 3.63) is 102 Å². The summed E-state index contributed by atoms with van der Waals surface area (Å²) < 4.78 is 11.9. The zero-order chi connectivity index (χ0) is 27.5. The smallest absolute Gasteiger partial charge is 0.258 e. The fourth-order valence-electron chi connectivity index (χ4n) is 4.74. The van der Waals surface area contributed by atoms with Crippen LogP contribution >= 0.6 is 0 Å². The quantitative estimate of drug-likeness (QED) is 0.263. The van der Waals surface area contributed by atoms with Crippen molar-refractivity contribution >= 4 is 28.6 Å². The number of aromatic amines is 1. The first-order chi connectivity index (χ1) is 19.5. The Labute approximate surface area is 232 Å². The lowest BCUT2D eigenvalue weighted by molar-refractivity contribution is 0.0944. The van der Waals surface area contributed by atoms with Crippen molar-refractivity contribution in [1.29, 1.82) is 0 Å². The Morgan fingerprint density at radius 2 is 1.82 bits per heavy atom. The minimum absolute atomic E-state index is 0.0953. The molecule has 9 nitrogen and oxygen atoms in total. The largest absolute Gasteiger partial charge is 0.491 e. The summed E-state index contributed by atoms with van der Waals surface area (Å²) in [6, 6.07) is 23.6. The number of carbonyl (C=O) groups is 1. The molecule has 3 heterocycles. The molecule has 40 heavy (non-hydrogen) atoms. The van der Waals surface area contributed by atoms with Crippen LogP contribution in [0.5, 0.6) is 11.6 Å². The number of benzene rings is 3. The van der Waals surface area contributed by atoms with Gasteiger partial charge in [-0.3, -0.25) is 4.79 Å². The van der Waals surface area contributed by atoms with E-state index in [2.05, 4.69) is 37.3 Å². The van der Waals surface area contributed by atoms with Gasteiger partial charge in [-0.15, -0.1) is 0 Å². The third-order valence-corrected chi connectivity index (χ3v) is 6.64. The second kappa shape index (κ2) is 11.1. The lowest BCUT2D eigenvalue weighted by Crippen LogP contribution is -2.25. The highest BCUT2D eigenvalue weighted by atomic mass is 16.5. The summed E-state index contributed by atoms with van der Waals surface area (Å²) in [5, 5.41) is 2.92. The lowest BCUT2D eigenvalue weighted by atomic mass is 10.2. The van der Waals surface area contributed by atoms with Crippen LogP contribution in [0.25, 0.3) is 11.0 Å². The monoisotopic (exact) mass is 534 g/mol. The molecule has 0 spiro atoms. The van der Waals surface area contributed by atoms with Crippen molar-refractivity contribution in [1.82, 2.24) is 25.3 Å². The van der Waals surface area contributed by atoms with Crippen molar-refractivity contribution in [2.45, 2.75) is 39.5 Å². The predicted molar refractivity (Wildman–Crippen MR) is 153 cm³/mol. The normalized spacial score (nSPS) is 12.5. The number of ether oxygens (including phenoxy) is 2. The maximum absolute atomic E-state index is 13.3. The fraction of sp³-hybridized carbons (Fsp3) is 0.226. The van der Waals surface area contributed by atoms with Crippen LogP contribution in [0.4, 0.5) is 11.6 Å². The van der Waals surface area contributed by atoms with Crippen LogP contribution in [0.2, 0.25) is 0 Å². The van der Waals surface area contributed by atoms with Gasteiger partial charge in [-0.2, -0.15) is 4.98 Å². The second-order valence-corrected chi connectivity index (χ2v) is 9.90. The molecule has 0 saturated heterocycles. The number of para-hydroxylation sites is 3. The van der Waals surface area contributed by atoms with Gasteiger partial charge in [-0.25, -0.2) is 9.97 Å². The number of hydrogen-bond acceptors (Lipinski definition) is 7. The molecule has 9 heteroatoms. The second-order valence-electron chi connectivity index (χ2n) is 9.90. The Kier molecular flexibility index (Phi) is 7.01. The lowest BCUT2D eigenvalue weighted by Gasteiger charge is -2.19. The standard InChI is InChI=1S/C31H30N6O3/c1-20(2)40-23-13-11-21(12-14-23)19-39-30-24(29(38)32-18-28-34-25-8-4-5-9-26(25)35-28)17-33-31(36-30)37-16-15-22-7-3-6-10-27(22)37/h3-14,17,20H,15-16,18-19H2,1-2H3,(H,32,38)(H,34,35). The SMILES string of the molecule is CC(C)Oc1ccc(COc2nc(N3CCc4ccccc43)ncc2C(=O)NCc2nc3ccccc3[nH]2)cc1. The Morgan fingerprint density at radius 1 is 1.02 bits per heavy atom. The third-order valence-electron chi connectivity index (χ3n) is 6.64. The number of fused-ring (bicyclic) bond motifs is 2. The van der Waals surface area contributed by atoms with Gasteiger partial charge in [0.05, 0.1) is 23.7 Å². The molecule has 0 fully saturated rings. The van der Waals surface area contributed by atoms with Gasteiger partial charge in [0.15, 0.2) is 0 Å². The van der Waals surface area contributed by atoms with E-state index in [1.54, 1.807) is 0 Å².